The summed E-state index contributed by atoms with van der Waals surface area (Å²) in [7, 11) is 0. The Morgan fingerprint density at radius 3 is 1.53 bits per heavy atom. The fraction of sp³-hybridized carbons (Fsp3) is 0.414. The van der Waals surface area contributed by atoms with Crippen molar-refractivity contribution >= 4 is 52.5 Å². The molecule has 2 aromatic carbocycles. The molecule has 6 rings (SSSR count). The number of hydrogen-bond acceptors (Lipinski definition) is 7. The van der Waals surface area contributed by atoms with Crippen molar-refractivity contribution in [1.82, 2.24) is 9.80 Å². The van der Waals surface area contributed by atoms with E-state index in [1.807, 2.05) is 36.4 Å². The minimum atomic E-state index is -0.298. The Bertz CT molecular complexity index is 1250. The van der Waals surface area contributed by atoms with Gasteiger partial charge in [-0.15, -0.1) is 24.8 Å². The molecule has 2 aliphatic rings. The minimum Gasteiger partial charge on any atom is -0.488 e. The number of para-hydroxylation sites is 2. The van der Waals surface area contributed by atoms with Gasteiger partial charge in [-0.2, -0.15) is 0 Å². The zero-order chi connectivity index (χ0) is 24.3. The maximum Gasteiger partial charge on any atom is 0.263 e. The molecule has 0 radical (unpaired) electrons. The van der Waals surface area contributed by atoms with E-state index in [9.17, 15) is 4.79 Å². The van der Waals surface area contributed by atoms with E-state index in [2.05, 4.69) is 9.80 Å². The lowest BCUT2D eigenvalue weighted by atomic mass is 10.2. The lowest BCUT2D eigenvalue weighted by Crippen LogP contribution is -2.25. The van der Waals surface area contributed by atoms with E-state index < -0.39 is 0 Å². The summed E-state index contributed by atoms with van der Waals surface area (Å²) in [5.41, 5.74) is 1.17. The molecule has 4 aromatic rings. The molecular weight excluding hydrogens is 527 g/mol. The van der Waals surface area contributed by atoms with Gasteiger partial charge in [0.15, 0.2) is 34.2 Å². The molecule has 0 N–H and O–H groups in total. The molecule has 0 unspecified atom stereocenters. The van der Waals surface area contributed by atoms with Crippen molar-refractivity contribution in [3.63, 3.8) is 0 Å². The van der Waals surface area contributed by atoms with Crippen LogP contribution in [-0.4, -0.2) is 68.1 Å². The van der Waals surface area contributed by atoms with E-state index in [4.69, 9.17) is 18.3 Å². The van der Waals surface area contributed by atoms with Crippen molar-refractivity contribution in [3.05, 3.63) is 60.1 Å². The number of hydrogen-bond donors (Lipinski definition) is 0. The molecule has 9 heteroatoms. The molecular formula is C29H34Cl2N2O5. The summed E-state index contributed by atoms with van der Waals surface area (Å²) in [5.74, 6) is 1.48. The Kier molecular flexibility index (Phi) is 9.60. The smallest absolute Gasteiger partial charge is 0.263 e. The van der Waals surface area contributed by atoms with E-state index in [-0.39, 0.29) is 42.1 Å². The highest BCUT2D eigenvalue weighted by Gasteiger charge is 2.22. The normalized spacial score (nSPS) is 16.0. The molecule has 2 aromatic heterocycles. The number of ketones is 1. The van der Waals surface area contributed by atoms with Crippen molar-refractivity contribution in [2.75, 3.05) is 52.5 Å². The van der Waals surface area contributed by atoms with Gasteiger partial charge >= 0.3 is 0 Å². The molecule has 0 saturated carbocycles. The number of benzene rings is 2. The first-order valence-electron chi connectivity index (χ1n) is 13.0. The zero-order valence-corrected chi connectivity index (χ0v) is 23.0. The average Bonchev–Trinajstić information content (AvgIpc) is 3.70. The van der Waals surface area contributed by atoms with Gasteiger partial charge in [-0.1, -0.05) is 24.3 Å². The summed E-state index contributed by atoms with van der Waals surface area (Å²) < 4.78 is 24.1. The molecule has 7 nitrogen and oxygen atoms in total. The molecule has 0 aliphatic carbocycles. The van der Waals surface area contributed by atoms with Gasteiger partial charge in [-0.25, -0.2) is 0 Å². The summed E-state index contributed by atoms with van der Waals surface area (Å²) in [6.45, 7) is 7.51. The number of halogens is 2. The standard InChI is InChI=1S/C29H32N2O5.2ClH/c32-27(25-19-21-7-5-9-23(28(21)35-25)33-17-15-30-11-1-2-12-30)26-20-22-8-6-10-24(29(22)36-26)34-18-16-31-13-3-4-14-31;;/h5-10,19-20H,1-4,11-18H2;2*1H. The zero-order valence-electron chi connectivity index (χ0n) is 21.4. The van der Waals surface area contributed by atoms with E-state index in [1.165, 1.54) is 25.7 Å². The van der Waals surface area contributed by atoms with Crippen molar-refractivity contribution in [1.29, 1.82) is 0 Å². The number of carbonyl (C=O) groups is 1. The SMILES string of the molecule is Cl.Cl.O=C(c1cc2cccc(OCCN3CCCC3)c2o1)c1cc2cccc(OCCN3CCCC3)c2o1. The Balaban J connectivity index is 0.00000168. The Morgan fingerprint density at radius 2 is 1.11 bits per heavy atom. The maximum atomic E-state index is 13.3. The fourth-order valence-electron chi connectivity index (χ4n) is 5.23. The number of fused-ring (bicyclic) bond motifs is 2. The summed E-state index contributed by atoms with van der Waals surface area (Å²) in [5, 5.41) is 1.66. The summed E-state index contributed by atoms with van der Waals surface area (Å²) in [4.78, 5) is 18.1. The second-order valence-corrected chi connectivity index (χ2v) is 9.69. The van der Waals surface area contributed by atoms with Crippen LogP contribution in [0.1, 0.15) is 42.0 Å². The fourth-order valence-corrected chi connectivity index (χ4v) is 5.23. The van der Waals surface area contributed by atoms with Crippen LogP contribution in [0.2, 0.25) is 0 Å². The van der Waals surface area contributed by atoms with Crippen LogP contribution < -0.4 is 9.47 Å². The van der Waals surface area contributed by atoms with E-state index in [1.54, 1.807) is 12.1 Å². The largest absolute Gasteiger partial charge is 0.488 e. The van der Waals surface area contributed by atoms with Crippen molar-refractivity contribution in [2.24, 2.45) is 0 Å². The molecule has 204 valence electrons. The first-order chi connectivity index (χ1) is 17.7. The van der Waals surface area contributed by atoms with Crippen LogP contribution in [0.5, 0.6) is 11.5 Å². The molecule has 0 amide bonds. The molecule has 2 fully saturated rings. The monoisotopic (exact) mass is 560 g/mol. The molecule has 0 atom stereocenters. The maximum absolute atomic E-state index is 13.3. The first-order valence-corrected chi connectivity index (χ1v) is 13.0. The number of likely N-dealkylation sites (tertiary alicyclic amines) is 2. The van der Waals surface area contributed by atoms with E-state index >= 15 is 0 Å². The van der Waals surface area contributed by atoms with Gasteiger partial charge in [0, 0.05) is 23.9 Å². The number of ether oxygens (including phenoxy) is 2. The minimum absolute atomic E-state index is 0. The molecule has 2 saturated heterocycles. The van der Waals surface area contributed by atoms with Gasteiger partial charge in [-0.3, -0.25) is 14.6 Å². The third-order valence-corrected chi connectivity index (χ3v) is 7.19. The van der Waals surface area contributed by atoms with Gasteiger partial charge in [0.1, 0.15) is 13.2 Å². The van der Waals surface area contributed by atoms with Crippen molar-refractivity contribution < 1.29 is 23.1 Å². The second-order valence-electron chi connectivity index (χ2n) is 9.69. The van der Waals surface area contributed by atoms with Gasteiger partial charge < -0.3 is 18.3 Å². The van der Waals surface area contributed by atoms with Crippen LogP contribution in [0, 0.1) is 0 Å². The molecule has 0 spiro atoms. The lowest BCUT2D eigenvalue weighted by molar-refractivity contribution is 0.0987. The van der Waals surface area contributed by atoms with Crippen LogP contribution in [-0.2, 0) is 0 Å². The summed E-state index contributed by atoms with van der Waals surface area (Å²) in [6.07, 6.45) is 5.03. The second kappa shape index (κ2) is 12.9. The van der Waals surface area contributed by atoms with Crippen LogP contribution in [0.15, 0.2) is 57.4 Å². The summed E-state index contributed by atoms with van der Waals surface area (Å²) in [6, 6.07) is 15.0. The van der Waals surface area contributed by atoms with Crippen molar-refractivity contribution in [2.45, 2.75) is 25.7 Å². The highest BCUT2D eigenvalue weighted by atomic mass is 35.5. The predicted molar refractivity (Wildman–Crippen MR) is 153 cm³/mol. The lowest BCUT2D eigenvalue weighted by Gasteiger charge is -2.14. The summed E-state index contributed by atoms with van der Waals surface area (Å²) >= 11 is 0. The van der Waals surface area contributed by atoms with Crippen LogP contribution in [0.25, 0.3) is 21.9 Å². The quantitative estimate of drug-likeness (QED) is 0.214. The highest BCUT2D eigenvalue weighted by molar-refractivity contribution is 6.09. The Hall–Kier alpha value is -2.71. The highest BCUT2D eigenvalue weighted by Crippen LogP contribution is 2.33. The Labute approximate surface area is 234 Å². The molecule has 38 heavy (non-hydrogen) atoms. The Morgan fingerprint density at radius 1 is 0.684 bits per heavy atom. The molecule has 4 heterocycles. The van der Waals surface area contributed by atoms with Crippen LogP contribution in [0.3, 0.4) is 0 Å². The van der Waals surface area contributed by atoms with Gasteiger partial charge in [0.05, 0.1) is 0 Å². The number of rotatable bonds is 10. The van der Waals surface area contributed by atoms with Gasteiger partial charge in [0.2, 0.25) is 0 Å². The van der Waals surface area contributed by atoms with Crippen molar-refractivity contribution in [3.8, 4) is 11.5 Å². The third-order valence-electron chi connectivity index (χ3n) is 7.19. The van der Waals surface area contributed by atoms with Gasteiger partial charge in [-0.05, 0) is 76.1 Å². The third kappa shape index (κ3) is 6.12. The number of nitrogens with zero attached hydrogens (tertiary/aromatic N) is 2. The van der Waals surface area contributed by atoms with Crippen LogP contribution in [0.4, 0.5) is 0 Å². The molecule has 0 bridgehead atoms. The number of carbonyl (C=O) groups excluding carboxylic acids is 1. The first kappa shape index (κ1) is 28.3. The van der Waals surface area contributed by atoms with E-state index in [0.717, 1.165) is 50.0 Å². The topological polar surface area (TPSA) is 68.3 Å². The predicted octanol–water partition coefficient (Wildman–Crippen LogP) is 6.20. The van der Waals surface area contributed by atoms with E-state index in [0.29, 0.717) is 35.9 Å². The number of furan rings is 2. The molecule has 2 aliphatic heterocycles. The van der Waals surface area contributed by atoms with Gasteiger partial charge in [0.25, 0.3) is 5.78 Å². The average molecular weight is 562 g/mol. The van der Waals surface area contributed by atoms with Crippen LogP contribution >= 0.6 is 24.8 Å².